The molecule has 0 aliphatic heterocycles. The van der Waals surface area contributed by atoms with E-state index in [1.54, 1.807) is 48.5 Å². The van der Waals surface area contributed by atoms with Gasteiger partial charge in [0.1, 0.15) is 5.75 Å². The molecule has 5 nitrogen and oxygen atoms in total. The van der Waals surface area contributed by atoms with Gasteiger partial charge in [-0.2, -0.15) is 0 Å². The zero-order valence-electron chi connectivity index (χ0n) is 11.0. The summed E-state index contributed by atoms with van der Waals surface area (Å²) in [7, 11) is 0. The standard InChI is InChI=1S/C15H13BrN2O3/c16-13-4-2-1-3-12(13)15(20)18-14(19)9-21-11-7-5-10(17)6-8-11/h1-8H,9,17H2,(H,18,19,20). The van der Waals surface area contributed by atoms with E-state index in [9.17, 15) is 9.59 Å². The van der Waals surface area contributed by atoms with Gasteiger partial charge >= 0.3 is 0 Å². The summed E-state index contributed by atoms with van der Waals surface area (Å²) in [5.74, 6) is -0.492. The van der Waals surface area contributed by atoms with E-state index in [0.717, 1.165) is 0 Å². The van der Waals surface area contributed by atoms with Crippen LogP contribution in [0.2, 0.25) is 0 Å². The second-order valence-corrected chi connectivity index (χ2v) is 5.07. The topological polar surface area (TPSA) is 81.4 Å². The quantitative estimate of drug-likeness (QED) is 0.831. The highest BCUT2D eigenvalue weighted by Crippen LogP contribution is 2.15. The SMILES string of the molecule is Nc1ccc(OCC(=O)NC(=O)c2ccccc2Br)cc1. The summed E-state index contributed by atoms with van der Waals surface area (Å²) in [4.78, 5) is 23.6. The monoisotopic (exact) mass is 348 g/mol. The van der Waals surface area contributed by atoms with Gasteiger partial charge in [0, 0.05) is 10.2 Å². The second-order valence-electron chi connectivity index (χ2n) is 4.21. The van der Waals surface area contributed by atoms with Gasteiger partial charge in [0.25, 0.3) is 11.8 Å². The van der Waals surface area contributed by atoms with Gasteiger partial charge < -0.3 is 10.5 Å². The van der Waals surface area contributed by atoms with Crippen molar-refractivity contribution in [2.45, 2.75) is 0 Å². The molecule has 0 unspecified atom stereocenters. The summed E-state index contributed by atoms with van der Waals surface area (Å²) in [5.41, 5.74) is 6.54. The number of hydrogen-bond donors (Lipinski definition) is 2. The minimum Gasteiger partial charge on any atom is -0.484 e. The Kier molecular flexibility index (Phi) is 4.94. The Hall–Kier alpha value is -2.34. The largest absolute Gasteiger partial charge is 0.484 e. The van der Waals surface area contributed by atoms with E-state index in [4.69, 9.17) is 10.5 Å². The van der Waals surface area contributed by atoms with Gasteiger partial charge in [-0.15, -0.1) is 0 Å². The zero-order valence-corrected chi connectivity index (χ0v) is 12.6. The molecule has 6 heteroatoms. The highest BCUT2D eigenvalue weighted by Gasteiger charge is 2.13. The van der Waals surface area contributed by atoms with E-state index < -0.39 is 11.8 Å². The predicted molar refractivity (Wildman–Crippen MR) is 83.0 cm³/mol. The lowest BCUT2D eigenvalue weighted by atomic mass is 10.2. The van der Waals surface area contributed by atoms with E-state index >= 15 is 0 Å². The molecule has 0 atom stereocenters. The summed E-state index contributed by atoms with van der Waals surface area (Å²) in [5, 5.41) is 2.26. The molecular weight excluding hydrogens is 336 g/mol. The van der Waals surface area contributed by atoms with Crippen molar-refractivity contribution >= 4 is 33.4 Å². The number of imide groups is 1. The number of rotatable bonds is 4. The first-order valence-electron chi connectivity index (χ1n) is 6.13. The molecule has 0 saturated heterocycles. The fourth-order valence-electron chi connectivity index (χ4n) is 1.59. The van der Waals surface area contributed by atoms with Crippen LogP contribution in [0.4, 0.5) is 5.69 Å². The molecule has 0 aliphatic carbocycles. The van der Waals surface area contributed by atoms with Crippen LogP contribution in [-0.2, 0) is 4.79 Å². The van der Waals surface area contributed by atoms with Crippen molar-refractivity contribution in [2.24, 2.45) is 0 Å². The van der Waals surface area contributed by atoms with Gasteiger partial charge in [0.05, 0.1) is 5.56 Å². The van der Waals surface area contributed by atoms with Gasteiger partial charge in [0.2, 0.25) is 0 Å². The van der Waals surface area contributed by atoms with Gasteiger partial charge in [-0.1, -0.05) is 12.1 Å². The third kappa shape index (κ3) is 4.32. The lowest BCUT2D eigenvalue weighted by Gasteiger charge is -2.07. The van der Waals surface area contributed by atoms with Crippen LogP contribution in [0.5, 0.6) is 5.75 Å². The summed E-state index contributed by atoms with van der Waals surface area (Å²) in [6.07, 6.45) is 0. The normalized spacial score (nSPS) is 9.95. The van der Waals surface area contributed by atoms with E-state index in [1.807, 2.05) is 0 Å². The van der Waals surface area contributed by atoms with Crippen LogP contribution in [0.15, 0.2) is 53.0 Å². The van der Waals surface area contributed by atoms with Crippen molar-refractivity contribution in [3.05, 3.63) is 58.6 Å². The average molecular weight is 349 g/mol. The highest BCUT2D eigenvalue weighted by molar-refractivity contribution is 9.10. The number of nitrogens with two attached hydrogens (primary N) is 1. The number of anilines is 1. The molecule has 2 aromatic rings. The van der Waals surface area contributed by atoms with E-state index in [0.29, 0.717) is 21.5 Å². The number of hydrogen-bond acceptors (Lipinski definition) is 4. The molecule has 2 rings (SSSR count). The van der Waals surface area contributed by atoms with Crippen LogP contribution in [-0.4, -0.2) is 18.4 Å². The maximum Gasteiger partial charge on any atom is 0.264 e. The molecule has 0 saturated carbocycles. The molecule has 3 N–H and O–H groups in total. The second kappa shape index (κ2) is 6.90. The van der Waals surface area contributed by atoms with Crippen molar-refractivity contribution in [3.8, 4) is 5.75 Å². The molecule has 0 aromatic heterocycles. The molecule has 0 bridgehead atoms. The Morgan fingerprint density at radius 3 is 2.43 bits per heavy atom. The molecule has 0 fully saturated rings. The van der Waals surface area contributed by atoms with Gasteiger partial charge in [0.15, 0.2) is 6.61 Å². The summed E-state index contributed by atoms with van der Waals surface area (Å²) in [6.45, 7) is -0.250. The number of amides is 2. The molecule has 2 aromatic carbocycles. The smallest absolute Gasteiger partial charge is 0.264 e. The molecule has 0 heterocycles. The number of carbonyl (C=O) groups is 2. The predicted octanol–water partition coefficient (Wildman–Crippen LogP) is 2.37. The Balaban J connectivity index is 1.89. The zero-order chi connectivity index (χ0) is 15.2. The Labute approximate surface area is 130 Å². The first-order valence-corrected chi connectivity index (χ1v) is 6.92. The Morgan fingerprint density at radius 2 is 1.76 bits per heavy atom. The first-order chi connectivity index (χ1) is 10.1. The Morgan fingerprint density at radius 1 is 1.10 bits per heavy atom. The third-order valence-corrected chi connectivity index (χ3v) is 3.31. The first kappa shape index (κ1) is 15.1. The summed E-state index contributed by atoms with van der Waals surface area (Å²) < 4.78 is 5.88. The van der Waals surface area contributed by atoms with Crippen LogP contribution in [0.1, 0.15) is 10.4 Å². The van der Waals surface area contributed by atoms with Crippen LogP contribution in [0.3, 0.4) is 0 Å². The fourth-order valence-corrected chi connectivity index (χ4v) is 2.05. The van der Waals surface area contributed by atoms with Crippen LogP contribution >= 0.6 is 15.9 Å². The fraction of sp³-hybridized carbons (Fsp3) is 0.0667. The van der Waals surface area contributed by atoms with Gasteiger partial charge in [-0.3, -0.25) is 14.9 Å². The molecule has 108 valence electrons. The average Bonchev–Trinajstić information content (AvgIpc) is 2.47. The van der Waals surface area contributed by atoms with Crippen molar-refractivity contribution in [3.63, 3.8) is 0 Å². The number of nitrogens with one attached hydrogen (secondary N) is 1. The van der Waals surface area contributed by atoms with Crippen molar-refractivity contribution in [2.75, 3.05) is 12.3 Å². The van der Waals surface area contributed by atoms with Gasteiger partial charge in [-0.05, 0) is 52.3 Å². The molecule has 0 radical (unpaired) electrons. The maximum absolute atomic E-state index is 11.9. The number of nitrogen functional groups attached to an aromatic ring is 1. The van der Waals surface area contributed by atoms with Crippen LogP contribution in [0, 0.1) is 0 Å². The van der Waals surface area contributed by atoms with Crippen molar-refractivity contribution in [1.82, 2.24) is 5.32 Å². The molecule has 0 spiro atoms. The third-order valence-electron chi connectivity index (χ3n) is 2.62. The van der Waals surface area contributed by atoms with Crippen molar-refractivity contribution in [1.29, 1.82) is 0 Å². The maximum atomic E-state index is 11.9. The minimum atomic E-state index is -0.521. The summed E-state index contributed by atoms with van der Waals surface area (Å²) in [6, 6.07) is 13.5. The molecular formula is C15H13BrN2O3. The highest BCUT2D eigenvalue weighted by atomic mass is 79.9. The number of carbonyl (C=O) groups excluding carboxylic acids is 2. The van der Waals surface area contributed by atoms with Crippen LogP contribution < -0.4 is 15.8 Å². The van der Waals surface area contributed by atoms with E-state index in [-0.39, 0.29) is 6.61 Å². The number of halogens is 1. The van der Waals surface area contributed by atoms with E-state index in [1.165, 1.54) is 0 Å². The van der Waals surface area contributed by atoms with E-state index in [2.05, 4.69) is 21.2 Å². The van der Waals surface area contributed by atoms with Crippen LogP contribution in [0.25, 0.3) is 0 Å². The Bertz CT molecular complexity index is 656. The minimum absolute atomic E-state index is 0.250. The molecule has 21 heavy (non-hydrogen) atoms. The molecule has 0 aliphatic rings. The van der Waals surface area contributed by atoms with Crippen molar-refractivity contribution < 1.29 is 14.3 Å². The van der Waals surface area contributed by atoms with Gasteiger partial charge in [-0.25, -0.2) is 0 Å². The number of benzene rings is 2. The number of ether oxygens (including phenoxy) is 1. The summed E-state index contributed by atoms with van der Waals surface area (Å²) >= 11 is 3.25. The lowest BCUT2D eigenvalue weighted by Crippen LogP contribution is -2.34. The lowest BCUT2D eigenvalue weighted by molar-refractivity contribution is -0.122. The molecule has 2 amide bonds.